The predicted octanol–water partition coefficient (Wildman–Crippen LogP) is 3.06. The van der Waals surface area contributed by atoms with Crippen molar-refractivity contribution in [1.29, 1.82) is 5.26 Å². The zero-order valence-electron chi connectivity index (χ0n) is 11.4. The van der Waals surface area contributed by atoms with Gasteiger partial charge in [-0.05, 0) is 56.7 Å². The van der Waals surface area contributed by atoms with E-state index in [0.29, 0.717) is 5.56 Å². The molecule has 1 rings (SSSR count). The lowest BCUT2D eigenvalue weighted by Gasteiger charge is -2.17. The fourth-order valence-corrected chi connectivity index (χ4v) is 1.79. The Balaban J connectivity index is 2.16. The van der Waals surface area contributed by atoms with Crippen LogP contribution in [-0.4, -0.2) is 31.1 Å². The van der Waals surface area contributed by atoms with Crippen LogP contribution in [0.5, 0.6) is 5.75 Å². The van der Waals surface area contributed by atoms with Gasteiger partial charge in [0.25, 0.3) is 0 Å². The molecule has 3 heteroatoms. The van der Waals surface area contributed by atoms with Gasteiger partial charge in [-0.3, -0.25) is 0 Å². The summed E-state index contributed by atoms with van der Waals surface area (Å²) in [5, 5.41) is 8.68. The van der Waals surface area contributed by atoms with Crippen LogP contribution in [0.1, 0.15) is 32.3 Å². The summed E-state index contributed by atoms with van der Waals surface area (Å²) < 4.78 is 5.63. The summed E-state index contributed by atoms with van der Waals surface area (Å²) in [6.45, 7) is 8.50. The first-order chi connectivity index (χ1) is 8.80. The summed E-state index contributed by atoms with van der Waals surface area (Å²) in [5.74, 6) is 0.844. The Hall–Kier alpha value is -1.53. The first-order valence-corrected chi connectivity index (χ1v) is 6.65. The molecular weight excluding hydrogens is 224 g/mol. The van der Waals surface area contributed by atoms with Crippen molar-refractivity contribution in [3.05, 3.63) is 29.8 Å². The molecule has 0 aliphatic heterocycles. The molecule has 98 valence electrons. The van der Waals surface area contributed by atoms with Gasteiger partial charge < -0.3 is 9.64 Å². The molecule has 18 heavy (non-hydrogen) atoms. The summed E-state index contributed by atoms with van der Waals surface area (Å²) >= 11 is 0. The molecule has 0 aromatic heterocycles. The van der Waals surface area contributed by atoms with Crippen LogP contribution in [-0.2, 0) is 0 Å². The summed E-state index contributed by atoms with van der Waals surface area (Å²) in [6.07, 6.45) is 2.23. The highest BCUT2D eigenvalue weighted by Crippen LogP contribution is 2.12. The average Bonchev–Trinajstić information content (AvgIpc) is 2.43. The van der Waals surface area contributed by atoms with Gasteiger partial charge in [-0.15, -0.1) is 0 Å². The van der Waals surface area contributed by atoms with E-state index in [0.717, 1.165) is 44.8 Å². The molecule has 0 atom stereocenters. The molecule has 0 radical (unpaired) electrons. The van der Waals surface area contributed by atoms with E-state index in [2.05, 4.69) is 24.8 Å². The van der Waals surface area contributed by atoms with Gasteiger partial charge in [0.15, 0.2) is 0 Å². The average molecular weight is 246 g/mol. The fraction of sp³-hybridized carbons (Fsp3) is 0.533. The Bertz CT molecular complexity index is 363. The van der Waals surface area contributed by atoms with E-state index in [1.807, 2.05) is 12.1 Å². The van der Waals surface area contributed by atoms with Crippen LogP contribution in [0.25, 0.3) is 0 Å². The number of hydrogen-bond acceptors (Lipinski definition) is 3. The molecule has 0 amide bonds. The number of hydrogen-bond donors (Lipinski definition) is 0. The second-order valence-corrected chi connectivity index (χ2v) is 4.22. The van der Waals surface area contributed by atoms with E-state index in [1.165, 1.54) is 0 Å². The quantitative estimate of drug-likeness (QED) is 0.661. The topological polar surface area (TPSA) is 36.3 Å². The highest BCUT2D eigenvalue weighted by atomic mass is 16.5. The van der Waals surface area contributed by atoms with Crippen molar-refractivity contribution < 1.29 is 4.74 Å². The lowest BCUT2D eigenvalue weighted by atomic mass is 10.2. The molecule has 0 spiro atoms. The SMILES string of the molecule is CCN(CC)CCCCOc1ccc(C#N)cc1. The summed E-state index contributed by atoms with van der Waals surface area (Å²) in [5.41, 5.74) is 0.670. The predicted molar refractivity (Wildman–Crippen MR) is 73.7 cm³/mol. The van der Waals surface area contributed by atoms with E-state index in [4.69, 9.17) is 10.00 Å². The van der Waals surface area contributed by atoms with Crippen LogP contribution in [0.15, 0.2) is 24.3 Å². The molecule has 0 saturated carbocycles. The summed E-state index contributed by atoms with van der Waals surface area (Å²) in [4.78, 5) is 2.42. The van der Waals surface area contributed by atoms with Gasteiger partial charge in [0, 0.05) is 0 Å². The maximum absolute atomic E-state index is 8.68. The van der Waals surface area contributed by atoms with Gasteiger partial charge in [0.2, 0.25) is 0 Å². The number of ether oxygens (including phenoxy) is 1. The molecule has 1 aromatic rings. The van der Waals surface area contributed by atoms with Gasteiger partial charge in [-0.25, -0.2) is 0 Å². The minimum absolute atomic E-state index is 0.670. The first kappa shape index (κ1) is 14.5. The minimum atomic E-state index is 0.670. The highest BCUT2D eigenvalue weighted by molar-refractivity contribution is 5.34. The molecule has 0 saturated heterocycles. The van der Waals surface area contributed by atoms with E-state index in [-0.39, 0.29) is 0 Å². The van der Waals surface area contributed by atoms with Gasteiger partial charge in [0.1, 0.15) is 5.75 Å². The van der Waals surface area contributed by atoms with Crippen molar-refractivity contribution >= 4 is 0 Å². The van der Waals surface area contributed by atoms with Crippen molar-refractivity contribution in [2.45, 2.75) is 26.7 Å². The zero-order valence-corrected chi connectivity index (χ0v) is 11.4. The highest BCUT2D eigenvalue weighted by Gasteiger charge is 1.99. The number of benzene rings is 1. The van der Waals surface area contributed by atoms with E-state index in [1.54, 1.807) is 12.1 Å². The van der Waals surface area contributed by atoms with Gasteiger partial charge in [0.05, 0.1) is 18.2 Å². The van der Waals surface area contributed by atoms with Gasteiger partial charge >= 0.3 is 0 Å². The number of nitriles is 1. The van der Waals surface area contributed by atoms with E-state index >= 15 is 0 Å². The number of unbranched alkanes of at least 4 members (excludes halogenated alkanes) is 1. The second-order valence-electron chi connectivity index (χ2n) is 4.22. The monoisotopic (exact) mass is 246 g/mol. The minimum Gasteiger partial charge on any atom is -0.494 e. The largest absolute Gasteiger partial charge is 0.494 e. The third kappa shape index (κ3) is 5.20. The summed E-state index contributed by atoms with van der Waals surface area (Å²) in [6, 6.07) is 9.36. The Morgan fingerprint density at radius 1 is 1.11 bits per heavy atom. The Kier molecular flexibility index (Phi) is 6.90. The summed E-state index contributed by atoms with van der Waals surface area (Å²) in [7, 11) is 0. The van der Waals surface area contributed by atoms with Crippen LogP contribution in [0.3, 0.4) is 0 Å². The number of nitrogens with zero attached hydrogens (tertiary/aromatic N) is 2. The normalized spacial score (nSPS) is 10.3. The molecule has 1 aromatic carbocycles. The Morgan fingerprint density at radius 2 is 1.78 bits per heavy atom. The standard InChI is InChI=1S/C15H22N2O/c1-3-17(4-2)11-5-6-12-18-15-9-7-14(13-16)8-10-15/h7-10H,3-6,11-12H2,1-2H3. The fourth-order valence-electron chi connectivity index (χ4n) is 1.79. The van der Waals surface area contributed by atoms with Crippen LogP contribution in [0.2, 0.25) is 0 Å². The van der Waals surface area contributed by atoms with Gasteiger partial charge in [-0.2, -0.15) is 5.26 Å². The van der Waals surface area contributed by atoms with Crippen LogP contribution < -0.4 is 4.74 Å². The molecule has 0 fully saturated rings. The van der Waals surface area contributed by atoms with Crippen LogP contribution in [0.4, 0.5) is 0 Å². The van der Waals surface area contributed by atoms with Crippen molar-refractivity contribution in [1.82, 2.24) is 4.90 Å². The molecular formula is C15H22N2O. The lowest BCUT2D eigenvalue weighted by molar-refractivity contribution is 0.266. The number of rotatable bonds is 8. The van der Waals surface area contributed by atoms with E-state index < -0.39 is 0 Å². The smallest absolute Gasteiger partial charge is 0.119 e. The van der Waals surface area contributed by atoms with Crippen molar-refractivity contribution in [2.24, 2.45) is 0 Å². The maximum atomic E-state index is 8.68. The lowest BCUT2D eigenvalue weighted by Crippen LogP contribution is -2.24. The molecule has 0 unspecified atom stereocenters. The zero-order chi connectivity index (χ0) is 13.2. The van der Waals surface area contributed by atoms with Crippen molar-refractivity contribution in [2.75, 3.05) is 26.2 Å². The molecule has 0 bridgehead atoms. The molecule has 3 nitrogen and oxygen atoms in total. The third-order valence-corrected chi connectivity index (χ3v) is 3.02. The molecule has 0 aliphatic carbocycles. The first-order valence-electron chi connectivity index (χ1n) is 6.65. The molecule has 0 heterocycles. The molecule has 0 N–H and O–H groups in total. The van der Waals surface area contributed by atoms with Gasteiger partial charge in [-0.1, -0.05) is 13.8 Å². The van der Waals surface area contributed by atoms with E-state index in [9.17, 15) is 0 Å². The second kappa shape index (κ2) is 8.54. The van der Waals surface area contributed by atoms with Crippen LogP contribution in [0, 0.1) is 11.3 Å². The molecule has 0 aliphatic rings. The maximum Gasteiger partial charge on any atom is 0.119 e. The Labute approximate surface area is 110 Å². The van der Waals surface area contributed by atoms with Crippen molar-refractivity contribution in [3.8, 4) is 11.8 Å². The van der Waals surface area contributed by atoms with Crippen LogP contribution >= 0.6 is 0 Å². The third-order valence-electron chi connectivity index (χ3n) is 3.02. The van der Waals surface area contributed by atoms with Crippen molar-refractivity contribution in [3.63, 3.8) is 0 Å². The Morgan fingerprint density at radius 3 is 2.33 bits per heavy atom.